The maximum absolute atomic E-state index is 15.7. The van der Waals surface area contributed by atoms with Crippen LogP contribution in [-0.4, -0.2) is 71.6 Å². The number of benzene rings is 3. The van der Waals surface area contributed by atoms with Gasteiger partial charge >= 0.3 is 12.2 Å². The first kappa shape index (κ1) is 42.9. The van der Waals surface area contributed by atoms with Crippen LogP contribution in [0.1, 0.15) is 95.5 Å². The molecule has 57 heavy (non-hydrogen) atoms. The molecule has 15 heteroatoms. The number of aliphatic hydroxyl groups is 1. The molecule has 1 fully saturated rings. The Morgan fingerprint density at radius 3 is 2.16 bits per heavy atom. The van der Waals surface area contributed by atoms with E-state index in [4.69, 9.17) is 15.2 Å². The van der Waals surface area contributed by atoms with Crippen molar-refractivity contribution in [2.75, 3.05) is 29.6 Å². The van der Waals surface area contributed by atoms with E-state index in [-0.39, 0.29) is 40.6 Å². The minimum absolute atomic E-state index is 0.0281. The van der Waals surface area contributed by atoms with Gasteiger partial charge in [-0.2, -0.15) is 4.90 Å². The van der Waals surface area contributed by atoms with Crippen LogP contribution >= 0.6 is 0 Å². The molecule has 0 spiro atoms. The number of nitrogens with zero attached hydrogens (tertiary/aromatic N) is 3. The monoisotopic (exact) mass is 805 g/mol. The molecule has 1 saturated carbocycles. The minimum Gasteiger partial charge on any atom is -0.443 e. The lowest BCUT2D eigenvalue weighted by molar-refractivity contribution is -0.131. The summed E-state index contributed by atoms with van der Waals surface area (Å²) in [7, 11) is -2.06. The third-order valence-corrected chi connectivity index (χ3v) is 11.7. The van der Waals surface area contributed by atoms with Gasteiger partial charge in [0, 0.05) is 48.3 Å². The molecule has 0 saturated heterocycles. The van der Waals surface area contributed by atoms with Gasteiger partial charge in [0.1, 0.15) is 23.1 Å². The number of aryl methyl sites for hydroxylation is 1. The number of rotatable bonds is 11. The number of anilines is 3. The van der Waals surface area contributed by atoms with Crippen molar-refractivity contribution >= 4 is 55.9 Å². The SMILES string of the molecule is Cc1cc([C@@H](Nc2ccc3c(N(C(=O)OC(C)(C)C)C(=O)OC(C)(C)C)ncc(F)c3c2)C(=O)N(C)Cc2cc(N)ccc2S(=O)(=O)C2CC2)ccc1[C@@H](C)CO. The average Bonchev–Trinajstić information content (AvgIpc) is 3.96. The molecule has 1 aliphatic rings. The highest BCUT2D eigenvalue weighted by molar-refractivity contribution is 7.92. The number of hydrogen-bond donors (Lipinski definition) is 3. The van der Waals surface area contributed by atoms with E-state index in [0.29, 0.717) is 40.2 Å². The summed E-state index contributed by atoms with van der Waals surface area (Å²) in [5.74, 6) is -1.59. The molecule has 0 aliphatic heterocycles. The number of hydrogen-bond acceptors (Lipinski definition) is 11. The van der Waals surface area contributed by atoms with Gasteiger partial charge in [-0.15, -0.1) is 0 Å². The number of ether oxygens (including phenoxy) is 2. The Morgan fingerprint density at radius 1 is 0.965 bits per heavy atom. The van der Waals surface area contributed by atoms with Crippen LogP contribution in [0.2, 0.25) is 0 Å². The zero-order chi connectivity index (χ0) is 42.2. The molecule has 1 heterocycles. The van der Waals surface area contributed by atoms with Gasteiger partial charge in [-0.1, -0.05) is 25.1 Å². The lowest BCUT2D eigenvalue weighted by atomic mass is 9.93. The average molecular weight is 806 g/mol. The number of amides is 3. The Bertz CT molecular complexity index is 2270. The molecule has 4 aromatic rings. The van der Waals surface area contributed by atoms with Crippen LogP contribution in [-0.2, 0) is 30.7 Å². The first-order chi connectivity index (χ1) is 26.5. The summed E-state index contributed by atoms with van der Waals surface area (Å²) in [6.07, 6.45) is -0.128. The van der Waals surface area contributed by atoms with Gasteiger partial charge in [-0.25, -0.2) is 27.4 Å². The topological polar surface area (TPSA) is 181 Å². The number of aliphatic hydroxyl groups excluding tert-OH is 1. The lowest BCUT2D eigenvalue weighted by Gasteiger charge is -2.29. The number of carbonyl (C=O) groups excluding carboxylic acids is 3. The van der Waals surface area contributed by atoms with Crippen molar-refractivity contribution in [2.45, 2.75) is 108 Å². The van der Waals surface area contributed by atoms with E-state index >= 15 is 4.39 Å². The summed E-state index contributed by atoms with van der Waals surface area (Å²) in [4.78, 5) is 47.7. The Morgan fingerprint density at radius 2 is 1.60 bits per heavy atom. The maximum Gasteiger partial charge on any atom is 0.425 e. The quantitative estimate of drug-likeness (QED) is 0.126. The summed E-state index contributed by atoms with van der Waals surface area (Å²) >= 11 is 0. The highest BCUT2D eigenvalue weighted by Crippen LogP contribution is 2.37. The normalized spacial score (nSPS) is 14.4. The molecule has 306 valence electrons. The Labute approximate surface area is 333 Å². The Kier molecular flexibility index (Phi) is 12.3. The number of aromatic nitrogens is 1. The van der Waals surface area contributed by atoms with Crippen LogP contribution < -0.4 is 16.0 Å². The van der Waals surface area contributed by atoms with Crippen molar-refractivity contribution in [1.82, 2.24) is 9.88 Å². The minimum atomic E-state index is -3.62. The predicted octanol–water partition coefficient (Wildman–Crippen LogP) is 7.78. The standard InChI is InChI=1S/C42H52FN5O8S/c1-24-18-26(10-15-31(24)25(2)23-49)36(38(50)47(9)22-27-19-28(44)11-17-35(27)57(53,54)30-13-14-30)46-29-12-16-32-33(20-29)34(43)21-45-37(32)48(39(51)55-41(3,4)5)40(52)56-42(6,7)8/h10-12,15-21,25,30,36,46,49H,13-14,22-23,44H2,1-9H3/t25-,36+/m0/s1. The zero-order valence-corrected chi connectivity index (χ0v) is 34.7. The summed E-state index contributed by atoms with van der Waals surface area (Å²) in [5, 5.41) is 12.7. The van der Waals surface area contributed by atoms with E-state index in [1.807, 2.05) is 26.0 Å². The lowest BCUT2D eigenvalue weighted by Crippen LogP contribution is -2.44. The predicted molar refractivity (Wildman–Crippen MR) is 217 cm³/mol. The fourth-order valence-corrected chi connectivity index (χ4v) is 8.28. The van der Waals surface area contributed by atoms with Crippen molar-refractivity contribution in [2.24, 2.45) is 0 Å². The molecule has 0 radical (unpaired) electrons. The molecule has 13 nitrogen and oxygen atoms in total. The van der Waals surface area contributed by atoms with Crippen molar-refractivity contribution in [3.05, 3.63) is 88.9 Å². The molecule has 0 unspecified atom stereocenters. The number of imide groups is 1. The second-order valence-corrected chi connectivity index (χ2v) is 18.8. The van der Waals surface area contributed by atoms with E-state index in [9.17, 15) is 27.9 Å². The number of nitrogens with one attached hydrogen (secondary N) is 1. The van der Waals surface area contributed by atoms with Crippen molar-refractivity contribution in [1.29, 1.82) is 0 Å². The van der Waals surface area contributed by atoms with Gasteiger partial charge < -0.3 is 30.5 Å². The number of carbonyl (C=O) groups is 3. The zero-order valence-electron chi connectivity index (χ0n) is 33.8. The van der Waals surface area contributed by atoms with Crippen LogP contribution in [0.15, 0.2) is 65.7 Å². The number of fused-ring (bicyclic) bond motifs is 1. The smallest absolute Gasteiger partial charge is 0.425 e. The first-order valence-electron chi connectivity index (χ1n) is 18.7. The summed E-state index contributed by atoms with van der Waals surface area (Å²) in [6, 6.07) is 13.4. The molecular weight excluding hydrogens is 754 g/mol. The molecule has 1 aliphatic carbocycles. The number of sulfone groups is 1. The van der Waals surface area contributed by atoms with E-state index in [1.165, 1.54) is 29.2 Å². The van der Waals surface area contributed by atoms with Crippen LogP contribution in [0.4, 0.5) is 31.2 Å². The fraction of sp³-hybridized carbons (Fsp3) is 0.429. The Balaban J connectivity index is 1.57. The molecule has 0 bridgehead atoms. The third kappa shape index (κ3) is 10.0. The number of likely N-dealkylation sites (N-methyl/N-ethyl adjacent to an activating group) is 1. The molecule has 5 rings (SSSR count). The van der Waals surface area contributed by atoms with Crippen molar-refractivity contribution in [3.63, 3.8) is 0 Å². The van der Waals surface area contributed by atoms with Gasteiger partial charge in [0.25, 0.3) is 0 Å². The highest BCUT2D eigenvalue weighted by atomic mass is 32.2. The number of halogens is 1. The number of pyridine rings is 1. The van der Waals surface area contributed by atoms with Crippen LogP contribution in [0, 0.1) is 12.7 Å². The van der Waals surface area contributed by atoms with Gasteiger partial charge in [0.05, 0.1) is 16.3 Å². The first-order valence-corrected chi connectivity index (χ1v) is 20.2. The fourth-order valence-electron chi connectivity index (χ4n) is 6.42. The molecule has 3 amide bonds. The van der Waals surface area contributed by atoms with Gasteiger partial charge in [0.2, 0.25) is 5.91 Å². The third-order valence-electron chi connectivity index (χ3n) is 9.31. The van der Waals surface area contributed by atoms with Crippen molar-refractivity contribution in [3.8, 4) is 0 Å². The Hall–Kier alpha value is -5.28. The van der Waals surface area contributed by atoms with E-state index in [0.717, 1.165) is 17.3 Å². The van der Waals surface area contributed by atoms with Gasteiger partial charge in [-0.05, 0) is 120 Å². The van der Waals surface area contributed by atoms with Gasteiger partial charge in [0.15, 0.2) is 15.7 Å². The molecule has 3 aromatic carbocycles. The number of nitrogen functional groups attached to an aromatic ring is 1. The van der Waals surface area contributed by atoms with Gasteiger partial charge in [-0.3, -0.25) is 4.79 Å². The largest absolute Gasteiger partial charge is 0.443 e. The molecular formula is C42H52FN5O8S. The second-order valence-electron chi connectivity index (χ2n) is 16.6. The summed E-state index contributed by atoms with van der Waals surface area (Å²) in [5.41, 5.74) is 7.41. The van der Waals surface area contributed by atoms with E-state index < -0.39 is 56.2 Å². The molecule has 2 atom stereocenters. The summed E-state index contributed by atoms with van der Waals surface area (Å²) in [6.45, 7) is 13.4. The highest BCUT2D eigenvalue weighted by Gasteiger charge is 2.39. The summed E-state index contributed by atoms with van der Waals surface area (Å²) < 4.78 is 53.4. The van der Waals surface area contributed by atoms with Crippen LogP contribution in [0.5, 0.6) is 0 Å². The van der Waals surface area contributed by atoms with Crippen LogP contribution in [0.3, 0.4) is 0 Å². The molecule has 1 aromatic heterocycles. The van der Waals surface area contributed by atoms with E-state index in [1.54, 1.807) is 66.8 Å². The second kappa shape index (κ2) is 16.3. The van der Waals surface area contributed by atoms with E-state index in [2.05, 4.69) is 10.3 Å². The van der Waals surface area contributed by atoms with Crippen molar-refractivity contribution < 1.29 is 41.8 Å². The van der Waals surface area contributed by atoms with Crippen LogP contribution in [0.25, 0.3) is 10.8 Å². The molecule has 4 N–H and O–H groups in total. The number of nitrogens with two attached hydrogens (primary N) is 1. The maximum atomic E-state index is 15.7.